The second-order valence-electron chi connectivity index (χ2n) is 8.99. The van der Waals surface area contributed by atoms with Crippen LogP contribution in [-0.4, -0.2) is 23.3 Å². The van der Waals surface area contributed by atoms with E-state index in [1.165, 1.54) is 5.56 Å². The number of ketones is 2. The SMILES string of the molecule is Cc1ccc(C(=O)CCC(CC(=O)C(C)(C)C)OC(C)(C)C)cc1C. The molecule has 0 amide bonds. The van der Waals surface area contributed by atoms with Gasteiger partial charge in [-0.2, -0.15) is 0 Å². The molecule has 0 saturated heterocycles. The van der Waals surface area contributed by atoms with E-state index in [0.717, 1.165) is 11.1 Å². The molecule has 1 unspecified atom stereocenters. The van der Waals surface area contributed by atoms with Gasteiger partial charge in [0.25, 0.3) is 0 Å². The van der Waals surface area contributed by atoms with E-state index in [4.69, 9.17) is 4.74 Å². The molecule has 0 N–H and O–H groups in total. The molecule has 25 heavy (non-hydrogen) atoms. The monoisotopic (exact) mass is 346 g/mol. The molecule has 3 heteroatoms. The van der Waals surface area contributed by atoms with Crippen molar-refractivity contribution in [3.63, 3.8) is 0 Å². The van der Waals surface area contributed by atoms with Gasteiger partial charge in [-0.3, -0.25) is 9.59 Å². The maximum absolute atomic E-state index is 12.5. The topological polar surface area (TPSA) is 43.4 Å². The Morgan fingerprint density at radius 1 is 1.00 bits per heavy atom. The number of carbonyl (C=O) groups excluding carboxylic acids is 2. The highest BCUT2D eigenvalue weighted by Gasteiger charge is 2.28. The number of Topliss-reactive ketones (excluding diaryl/α,β-unsaturated/α-hetero) is 2. The van der Waals surface area contributed by atoms with Crippen molar-refractivity contribution in [1.82, 2.24) is 0 Å². The fourth-order valence-electron chi connectivity index (χ4n) is 2.57. The van der Waals surface area contributed by atoms with Crippen LogP contribution >= 0.6 is 0 Å². The van der Waals surface area contributed by atoms with Crippen molar-refractivity contribution in [2.45, 2.75) is 86.4 Å². The van der Waals surface area contributed by atoms with E-state index in [-0.39, 0.29) is 23.3 Å². The summed E-state index contributed by atoms with van der Waals surface area (Å²) in [6, 6.07) is 5.80. The summed E-state index contributed by atoms with van der Waals surface area (Å²) in [7, 11) is 0. The Bertz CT molecular complexity index is 615. The summed E-state index contributed by atoms with van der Waals surface area (Å²) in [6.07, 6.45) is 1.06. The summed E-state index contributed by atoms with van der Waals surface area (Å²) in [5, 5.41) is 0. The average molecular weight is 347 g/mol. The minimum Gasteiger partial charge on any atom is -0.372 e. The van der Waals surface area contributed by atoms with E-state index in [9.17, 15) is 9.59 Å². The number of carbonyl (C=O) groups is 2. The molecule has 0 aromatic heterocycles. The van der Waals surface area contributed by atoms with Crippen LogP contribution in [0.1, 0.15) is 82.3 Å². The van der Waals surface area contributed by atoms with E-state index in [1.807, 2.05) is 73.6 Å². The fourth-order valence-corrected chi connectivity index (χ4v) is 2.57. The third-order valence-corrected chi connectivity index (χ3v) is 4.29. The van der Waals surface area contributed by atoms with Gasteiger partial charge in [-0.15, -0.1) is 0 Å². The van der Waals surface area contributed by atoms with Crippen LogP contribution in [0.4, 0.5) is 0 Å². The van der Waals surface area contributed by atoms with Crippen LogP contribution in [-0.2, 0) is 9.53 Å². The lowest BCUT2D eigenvalue weighted by atomic mass is 9.86. The average Bonchev–Trinajstić information content (AvgIpc) is 2.44. The number of ether oxygens (including phenoxy) is 1. The quantitative estimate of drug-likeness (QED) is 0.616. The van der Waals surface area contributed by atoms with Gasteiger partial charge >= 0.3 is 0 Å². The Kier molecular flexibility index (Phi) is 7.13. The van der Waals surface area contributed by atoms with Gasteiger partial charge in [-0.1, -0.05) is 32.9 Å². The summed E-state index contributed by atoms with van der Waals surface area (Å²) in [5.41, 5.74) is 2.31. The van der Waals surface area contributed by atoms with Crippen molar-refractivity contribution in [3.8, 4) is 0 Å². The first-order valence-corrected chi connectivity index (χ1v) is 9.11. The Morgan fingerprint density at radius 3 is 2.08 bits per heavy atom. The van der Waals surface area contributed by atoms with Crippen LogP contribution in [0.3, 0.4) is 0 Å². The zero-order valence-corrected chi connectivity index (χ0v) is 17.2. The summed E-state index contributed by atoms with van der Waals surface area (Å²) in [6.45, 7) is 15.7. The number of hydrogen-bond donors (Lipinski definition) is 0. The molecule has 0 aliphatic heterocycles. The Morgan fingerprint density at radius 2 is 1.60 bits per heavy atom. The number of hydrogen-bond acceptors (Lipinski definition) is 3. The van der Waals surface area contributed by atoms with E-state index in [0.29, 0.717) is 19.3 Å². The summed E-state index contributed by atoms with van der Waals surface area (Å²) < 4.78 is 6.06. The Labute approximate surface area is 153 Å². The maximum atomic E-state index is 12.5. The lowest BCUT2D eigenvalue weighted by molar-refractivity contribution is -0.133. The molecule has 1 rings (SSSR count). The van der Waals surface area contributed by atoms with Gasteiger partial charge in [-0.05, 0) is 58.2 Å². The van der Waals surface area contributed by atoms with Gasteiger partial charge < -0.3 is 4.74 Å². The highest BCUT2D eigenvalue weighted by molar-refractivity contribution is 5.96. The second kappa shape index (κ2) is 8.27. The molecule has 0 aliphatic rings. The summed E-state index contributed by atoms with van der Waals surface area (Å²) >= 11 is 0. The van der Waals surface area contributed by atoms with Crippen LogP contribution in [0, 0.1) is 19.3 Å². The molecule has 0 bridgehead atoms. The predicted molar refractivity (Wildman–Crippen MR) is 103 cm³/mol. The zero-order valence-electron chi connectivity index (χ0n) is 17.2. The lowest BCUT2D eigenvalue weighted by Gasteiger charge is -2.29. The maximum Gasteiger partial charge on any atom is 0.162 e. The molecule has 0 spiro atoms. The minimum absolute atomic E-state index is 0.105. The number of aryl methyl sites for hydroxylation is 2. The third kappa shape index (κ3) is 7.52. The van der Waals surface area contributed by atoms with Crippen LogP contribution < -0.4 is 0 Å². The zero-order chi connectivity index (χ0) is 19.4. The first kappa shape index (κ1) is 21.6. The van der Waals surface area contributed by atoms with Crippen LogP contribution in [0.5, 0.6) is 0 Å². The first-order chi connectivity index (χ1) is 11.3. The van der Waals surface area contributed by atoms with Gasteiger partial charge in [0.1, 0.15) is 5.78 Å². The van der Waals surface area contributed by atoms with Crippen LogP contribution in [0.2, 0.25) is 0 Å². The predicted octanol–water partition coefficient (Wildman–Crippen LogP) is 5.46. The molecule has 1 aromatic rings. The van der Waals surface area contributed by atoms with Crippen molar-refractivity contribution in [1.29, 1.82) is 0 Å². The Hall–Kier alpha value is -1.48. The van der Waals surface area contributed by atoms with Gasteiger partial charge in [0.2, 0.25) is 0 Å². The van der Waals surface area contributed by atoms with E-state index < -0.39 is 5.41 Å². The Balaban J connectivity index is 2.78. The van der Waals surface area contributed by atoms with E-state index in [2.05, 4.69) is 0 Å². The van der Waals surface area contributed by atoms with Gasteiger partial charge in [0.05, 0.1) is 11.7 Å². The molecule has 0 saturated carbocycles. The molecule has 0 heterocycles. The normalized spacial score (nSPS) is 13.6. The molecule has 0 aliphatic carbocycles. The standard InChI is InChI=1S/C22H34O3/c1-15-9-10-17(13-16(15)2)19(23)12-11-18(25-22(6,7)8)14-20(24)21(3,4)5/h9-10,13,18H,11-12,14H2,1-8H3. The van der Waals surface area contributed by atoms with Gasteiger partial charge in [-0.25, -0.2) is 0 Å². The second-order valence-corrected chi connectivity index (χ2v) is 8.99. The molecule has 0 radical (unpaired) electrons. The molecular formula is C22H34O3. The molecule has 1 atom stereocenters. The number of rotatable bonds is 7. The smallest absolute Gasteiger partial charge is 0.162 e. The molecular weight excluding hydrogens is 312 g/mol. The van der Waals surface area contributed by atoms with Crippen LogP contribution in [0.15, 0.2) is 18.2 Å². The van der Waals surface area contributed by atoms with E-state index >= 15 is 0 Å². The first-order valence-electron chi connectivity index (χ1n) is 9.11. The summed E-state index contributed by atoms with van der Waals surface area (Å²) in [5.74, 6) is 0.272. The molecule has 0 fully saturated rings. The van der Waals surface area contributed by atoms with Crippen molar-refractivity contribution in [2.24, 2.45) is 5.41 Å². The van der Waals surface area contributed by atoms with Gasteiger partial charge in [0, 0.05) is 23.8 Å². The summed E-state index contributed by atoms with van der Waals surface area (Å²) in [4.78, 5) is 24.9. The van der Waals surface area contributed by atoms with Crippen molar-refractivity contribution < 1.29 is 14.3 Å². The lowest BCUT2D eigenvalue weighted by Crippen LogP contribution is -2.32. The highest BCUT2D eigenvalue weighted by Crippen LogP contribution is 2.24. The minimum atomic E-state index is -0.391. The number of benzene rings is 1. The largest absolute Gasteiger partial charge is 0.372 e. The van der Waals surface area contributed by atoms with Crippen molar-refractivity contribution in [2.75, 3.05) is 0 Å². The molecule has 140 valence electrons. The third-order valence-electron chi connectivity index (χ3n) is 4.29. The van der Waals surface area contributed by atoms with Crippen molar-refractivity contribution in [3.05, 3.63) is 34.9 Å². The van der Waals surface area contributed by atoms with Crippen molar-refractivity contribution >= 4 is 11.6 Å². The van der Waals surface area contributed by atoms with Gasteiger partial charge in [0.15, 0.2) is 5.78 Å². The van der Waals surface area contributed by atoms with Crippen LogP contribution in [0.25, 0.3) is 0 Å². The molecule has 3 nitrogen and oxygen atoms in total. The molecule has 1 aromatic carbocycles. The fraction of sp³-hybridized carbons (Fsp3) is 0.636. The highest BCUT2D eigenvalue weighted by atomic mass is 16.5. The van der Waals surface area contributed by atoms with E-state index in [1.54, 1.807) is 0 Å².